The van der Waals surface area contributed by atoms with Crippen molar-refractivity contribution in [2.45, 2.75) is 25.3 Å². The summed E-state index contributed by atoms with van der Waals surface area (Å²) in [6, 6.07) is 7.73. The summed E-state index contributed by atoms with van der Waals surface area (Å²) in [6.07, 6.45) is 7.22. The average molecular weight is 336 g/mol. The maximum absolute atomic E-state index is 13.0. The number of rotatable bonds is 4. The van der Waals surface area contributed by atoms with Gasteiger partial charge < -0.3 is 9.88 Å². The molecule has 1 fully saturated rings. The molecule has 6 nitrogen and oxygen atoms in total. The molecule has 1 atom stereocenters. The van der Waals surface area contributed by atoms with E-state index in [9.17, 15) is 9.59 Å². The molecule has 0 spiro atoms. The smallest absolute Gasteiger partial charge is 0.256 e. The first kappa shape index (κ1) is 15.6. The molecule has 1 unspecified atom stereocenters. The number of hydrogen-bond donors (Lipinski definition) is 1. The Morgan fingerprint density at radius 2 is 2.16 bits per heavy atom. The van der Waals surface area contributed by atoms with Gasteiger partial charge in [-0.05, 0) is 18.9 Å². The van der Waals surface area contributed by atoms with Gasteiger partial charge in [-0.1, -0.05) is 18.2 Å². The molecule has 0 bridgehead atoms. The second-order valence-corrected chi connectivity index (χ2v) is 6.57. The van der Waals surface area contributed by atoms with Crippen LogP contribution < -0.4 is 0 Å². The molecule has 2 aromatic heterocycles. The van der Waals surface area contributed by atoms with E-state index in [1.165, 1.54) is 0 Å². The van der Waals surface area contributed by atoms with Crippen molar-refractivity contribution < 1.29 is 9.59 Å². The van der Waals surface area contributed by atoms with Crippen LogP contribution in [-0.2, 0) is 7.05 Å². The van der Waals surface area contributed by atoms with E-state index in [0.29, 0.717) is 24.1 Å². The van der Waals surface area contributed by atoms with Gasteiger partial charge in [0, 0.05) is 49.4 Å². The van der Waals surface area contributed by atoms with Crippen LogP contribution in [0.3, 0.4) is 0 Å². The molecule has 25 heavy (non-hydrogen) atoms. The molecule has 3 heterocycles. The zero-order valence-corrected chi connectivity index (χ0v) is 14.1. The van der Waals surface area contributed by atoms with Crippen molar-refractivity contribution in [2.75, 3.05) is 6.54 Å². The molecule has 0 aliphatic carbocycles. The third-order valence-electron chi connectivity index (χ3n) is 4.91. The molecule has 3 aromatic rings. The van der Waals surface area contributed by atoms with Gasteiger partial charge in [-0.2, -0.15) is 5.10 Å². The number of amides is 1. The number of nitrogens with one attached hydrogen (secondary N) is 1. The number of benzene rings is 1. The van der Waals surface area contributed by atoms with Crippen LogP contribution in [0.15, 0.2) is 42.9 Å². The number of aromatic amines is 1. The number of aromatic nitrogens is 3. The van der Waals surface area contributed by atoms with E-state index in [1.807, 2.05) is 29.2 Å². The lowest BCUT2D eigenvalue weighted by atomic mass is 10.0. The van der Waals surface area contributed by atoms with Crippen molar-refractivity contribution >= 4 is 22.6 Å². The highest BCUT2D eigenvalue weighted by molar-refractivity contribution is 6.07. The van der Waals surface area contributed by atoms with Crippen molar-refractivity contribution in [3.63, 3.8) is 0 Å². The monoisotopic (exact) mass is 336 g/mol. The Kier molecular flexibility index (Phi) is 3.87. The number of para-hydroxylation sites is 1. The zero-order chi connectivity index (χ0) is 17.4. The highest BCUT2D eigenvalue weighted by Gasteiger charge is 2.32. The van der Waals surface area contributed by atoms with Gasteiger partial charge in [-0.15, -0.1) is 0 Å². The quantitative estimate of drug-likeness (QED) is 0.745. The zero-order valence-electron chi connectivity index (χ0n) is 14.1. The average Bonchev–Trinajstić information content (AvgIpc) is 3.33. The van der Waals surface area contributed by atoms with Crippen LogP contribution in [0.4, 0.5) is 0 Å². The molecule has 0 radical (unpaired) electrons. The minimum atomic E-state index is -0.0473. The summed E-state index contributed by atoms with van der Waals surface area (Å²) in [6.45, 7) is 0.698. The Morgan fingerprint density at radius 1 is 1.32 bits per heavy atom. The third kappa shape index (κ3) is 2.84. The molecule has 0 saturated carbocycles. The van der Waals surface area contributed by atoms with Crippen LogP contribution in [-0.4, -0.2) is 43.9 Å². The molecular formula is C19H20N4O2. The number of Topliss-reactive ketones (excluding diaryl/α,β-unsaturated/α-hetero) is 1. The fraction of sp³-hybridized carbons (Fsp3) is 0.316. The van der Waals surface area contributed by atoms with Crippen LogP contribution >= 0.6 is 0 Å². The molecule has 128 valence electrons. The van der Waals surface area contributed by atoms with E-state index in [1.54, 1.807) is 30.3 Å². The van der Waals surface area contributed by atoms with Gasteiger partial charge in [0.15, 0.2) is 5.78 Å². The third-order valence-corrected chi connectivity index (χ3v) is 4.91. The standard InChI is InChI=1S/C19H20N4O2/c1-22-12-13(10-21-22)18(24)9-14-5-4-8-23(14)19(25)16-11-20-17-7-3-2-6-15(16)17/h2-3,6-7,10-12,14,20H,4-5,8-9H2,1H3. The van der Waals surface area contributed by atoms with Crippen LogP contribution in [0.5, 0.6) is 0 Å². The lowest BCUT2D eigenvalue weighted by Gasteiger charge is -2.24. The minimum Gasteiger partial charge on any atom is -0.360 e. The SMILES string of the molecule is Cn1cc(C(=O)CC2CCCN2C(=O)c2c[nH]c3ccccc23)cn1. The second kappa shape index (κ2) is 6.20. The first-order valence-corrected chi connectivity index (χ1v) is 8.52. The summed E-state index contributed by atoms with van der Waals surface area (Å²) >= 11 is 0. The second-order valence-electron chi connectivity index (χ2n) is 6.57. The molecule has 1 N–H and O–H groups in total. The van der Waals surface area contributed by atoms with Gasteiger partial charge in [0.1, 0.15) is 0 Å². The molecular weight excluding hydrogens is 316 g/mol. The number of hydrogen-bond acceptors (Lipinski definition) is 3. The summed E-state index contributed by atoms with van der Waals surface area (Å²) in [5.74, 6) is 0.0377. The van der Waals surface area contributed by atoms with Gasteiger partial charge in [0.25, 0.3) is 5.91 Å². The topological polar surface area (TPSA) is 71.0 Å². The first-order valence-electron chi connectivity index (χ1n) is 8.52. The molecule has 1 aromatic carbocycles. The largest absolute Gasteiger partial charge is 0.360 e. The summed E-state index contributed by atoms with van der Waals surface area (Å²) in [5, 5.41) is 4.98. The van der Waals surface area contributed by atoms with Gasteiger partial charge >= 0.3 is 0 Å². The molecule has 1 aliphatic heterocycles. The van der Waals surface area contributed by atoms with Gasteiger partial charge in [0.2, 0.25) is 0 Å². The number of fused-ring (bicyclic) bond motifs is 1. The maximum Gasteiger partial charge on any atom is 0.256 e. The van der Waals surface area contributed by atoms with Crippen molar-refractivity contribution in [3.8, 4) is 0 Å². The fourth-order valence-corrected chi connectivity index (χ4v) is 3.62. The lowest BCUT2D eigenvalue weighted by Crippen LogP contribution is -2.36. The first-order chi connectivity index (χ1) is 12.1. The lowest BCUT2D eigenvalue weighted by molar-refractivity contribution is 0.0719. The normalized spacial score (nSPS) is 17.3. The summed E-state index contributed by atoms with van der Waals surface area (Å²) in [7, 11) is 1.79. The number of carbonyl (C=O) groups is 2. The number of H-pyrrole nitrogens is 1. The summed E-state index contributed by atoms with van der Waals surface area (Å²) in [4.78, 5) is 30.5. The molecule has 1 saturated heterocycles. The van der Waals surface area contributed by atoms with Crippen molar-refractivity contribution in [2.24, 2.45) is 7.05 Å². The van der Waals surface area contributed by atoms with Gasteiger partial charge in [-0.25, -0.2) is 0 Å². The summed E-state index contributed by atoms with van der Waals surface area (Å²) < 4.78 is 1.62. The van der Waals surface area contributed by atoms with E-state index < -0.39 is 0 Å². The van der Waals surface area contributed by atoms with Crippen molar-refractivity contribution in [1.82, 2.24) is 19.7 Å². The van der Waals surface area contributed by atoms with E-state index in [0.717, 1.165) is 23.7 Å². The van der Waals surface area contributed by atoms with Gasteiger partial charge in [0.05, 0.1) is 17.3 Å². The van der Waals surface area contributed by atoms with Crippen LogP contribution in [0.2, 0.25) is 0 Å². The fourth-order valence-electron chi connectivity index (χ4n) is 3.62. The molecule has 1 aliphatic rings. The predicted octanol–water partition coefficient (Wildman–Crippen LogP) is 2.78. The number of ketones is 1. The van der Waals surface area contributed by atoms with Crippen molar-refractivity contribution in [3.05, 3.63) is 54.0 Å². The van der Waals surface area contributed by atoms with Crippen LogP contribution in [0.25, 0.3) is 10.9 Å². The Morgan fingerprint density at radius 3 is 2.96 bits per heavy atom. The number of aryl methyl sites for hydroxylation is 1. The highest BCUT2D eigenvalue weighted by Crippen LogP contribution is 2.26. The van der Waals surface area contributed by atoms with E-state index in [-0.39, 0.29) is 17.7 Å². The Balaban J connectivity index is 1.55. The Labute approximate surface area is 145 Å². The van der Waals surface area contributed by atoms with Crippen LogP contribution in [0.1, 0.15) is 40.0 Å². The Bertz CT molecular complexity index is 940. The minimum absolute atomic E-state index is 0.000985. The number of likely N-dealkylation sites (tertiary alicyclic amines) is 1. The van der Waals surface area contributed by atoms with Crippen molar-refractivity contribution in [1.29, 1.82) is 0 Å². The summed E-state index contributed by atoms with van der Waals surface area (Å²) in [5.41, 5.74) is 2.23. The molecule has 1 amide bonds. The number of carbonyl (C=O) groups excluding carboxylic acids is 2. The highest BCUT2D eigenvalue weighted by atomic mass is 16.2. The van der Waals surface area contributed by atoms with E-state index in [2.05, 4.69) is 10.1 Å². The number of nitrogens with zero attached hydrogens (tertiary/aromatic N) is 3. The van der Waals surface area contributed by atoms with E-state index in [4.69, 9.17) is 0 Å². The van der Waals surface area contributed by atoms with Gasteiger partial charge in [-0.3, -0.25) is 14.3 Å². The predicted molar refractivity (Wildman–Crippen MR) is 94.5 cm³/mol. The van der Waals surface area contributed by atoms with Crippen LogP contribution in [0, 0.1) is 0 Å². The maximum atomic E-state index is 13.0. The van der Waals surface area contributed by atoms with E-state index >= 15 is 0 Å². The molecule has 4 rings (SSSR count). The molecule has 6 heteroatoms. The Hall–Kier alpha value is -2.89.